The molecule has 0 unspecified atom stereocenters. The highest BCUT2D eigenvalue weighted by atomic mass is 32.2. The van der Waals surface area contributed by atoms with Gasteiger partial charge in [0.2, 0.25) is 10.0 Å². The summed E-state index contributed by atoms with van der Waals surface area (Å²) in [7, 11) is -3.10. The maximum Gasteiger partial charge on any atom is 0.216 e. The van der Waals surface area contributed by atoms with E-state index < -0.39 is 15.8 Å². The zero-order valence-electron chi connectivity index (χ0n) is 12.6. The molecule has 2 aliphatic rings. The van der Waals surface area contributed by atoms with Gasteiger partial charge in [0.05, 0.1) is 10.9 Å². The summed E-state index contributed by atoms with van der Waals surface area (Å²) >= 11 is 0. The van der Waals surface area contributed by atoms with E-state index in [4.69, 9.17) is 0 Å². The predicted octanol–water partition coefficient (Wildman–Crippen LogP) is 1.55. The summed E-state index contributed by atoms with van der Waals surface area (Å²) in [6, 6.07) is 0.0414. The molecule has 1 aromatic heterocycles. The number of rotatable bonds is 5. The fourth-order valence-electron chi connectivity index (χ4n) is 2.78. The molecule has 1 aliphatic carbocycles. The van der Waals surface area contributed by atoms with Crippen LogP contribution >= 0.6 is 0 Å². The number of hydrogen-bond acceptors (Lipinski definition) is 5. The van der Waals surface area contributed by atoms with Gasteiger partial charge in [-0.3, -0.25) is 0 Å². The van der Waals surface area contributed by atoms with E-state index in [1.54, 1.807) is 4.31 Å². The second-order valence-corrected chi connectivity index (χ2v) is 8.11. The standard InChI is InChI=1S/C14H21FN4O2S/c1-2-12-13(15)14(17-9-16-12)18-10-5-7-19(8-6-10)22(20,21)11-3-4-11/h9-11H,2-8H2,1H3,(H,16,17,18). The first-order chi connectivity index (χ1) is 10.5. The Hall–Kier alpha value is -1.28. The van der Waals surface area contributed by atoms with Gasteiger partial charge in [-0.15, -0.1) is 0 Å². The van der Waals surface area contributed by atoms with Gasteiger partial charge < -0.3 is 5.32 Å². The van der Waals surface area contributed by atoms with E-state index in [1.807, 2.05) is 6.92 Å². The normalized spacial score (nSPS) is 21.0. The maximum absolute atomic E-state index is 14.1. The number of piperidine rings is 1. The molecule has 8 heteroatoms. The second-order valence-electron chi connectivity index (χ2n) is 5.90. The van der Waals surface area contributed by atoms with E-state index in [-0.39, 0.29) is 17.1 Å². The van der Waals surface area contributed by atoms with Gasteiger partial charge in [0.25, 0.3) is 0 Å². The van der Waals surface area contributed by atoms with E-state index >= 15 is 0 Å². The van der Waals surface area contributed by atoms with Gasteiger partial charge in [-0.05, 0) is 32.1 Å². The molecule has 2 fully saturated rings. The lowest BCUT2D eigenvalue weighted by atomic mass is 10.1. The Bertz CT molecular complexity index is 640. The third kappa shape index (κ3) is 3.08. The van der Waals surface area contributed by atoms with Crippen molar-refractivity contribution in [2.75, 3.05) is 18.4 Å². The SMILES string of the molecule is CCc1ncnc(NC2CCN(S(=O)(=O)C3CC3)CC2)c1F. The van der Waals surface area contributed by atoms with Crippen molar-refractivity contribution in [1.29, 1.82) is 0 Å². The molecule has 1 saturated carbocycles. The molecular formula is C14H21FN4O2S. The molecule has 1 saturated heterocycles. The average molecular weight is 328 g/mol. The van der Waals surface area contributed by atoms with Crippen LogP contribution in [0.4, 0.5) is 10.2 Å². The van der Waals surface area contributed by atoms with Gasteiger partial charge >= 0.3 is 0 Å². The lowest BCUT2D eigenvalue weighted by Gasteiger charge is -2.32. The molecule has 22 heavy (non-hydrogen) atoms. The third-order valence-electron chi connectivity index (χ3n) is 4.30. The molecule has 1 aromatic rings. The zero-order chi connectivity index (χ0) is 15.7. The van der Waals surface area contributed by atoms with Crippen LogP contribution in [0.2, 0.25) is 0 Å². The van der Waals surface area contributed by atoms with Crippen molar-refractivity contribution < 1.29 is 12.8 Å². The predicted molar refractivity (Wildman–Crippen MR) is 81.5 cm³/mol. The highest BCUT2D eigenvalue weighted by molar-refractivity contribution is 7.90. The molecule has 0 radical (unpaired) electrons. The first-order valence-corrected chi connectivity index (χ1v) is 9.27. The molecular weight excluding hydrogens is 307 g/mol. The van der Waals surface area contributed by atoms with Crippen LogP contribution in [0.3, 0.4) is 0 Å². The summed E-state index contributed by atoms with van der Waals surface area (Å²) in [6.45, 7) is 2.82. The lowest BCUT2D eigenvalue weighted by Crippen LogP contribution is -2.43. The third-order valence-corrected chi connectivity index (χ3v) is 6.70. The minimum absolute atomic E-state index is 0.0414. The van der Waals surface area contributed by atoms with E-state index in [0.29, 0.717) is 38.0 Å². The Morgan fingerprint density at radius 1 is 1.27 bits per heavy atom. The van der Waals surface area contributed by atoms with Crippen LogP contribution < -0.4 is 5.32 Å². The van der Waals surface area contributed by atoms with Crippen LogP contribution in [-0.2, 0) is 16.4 Å². The number of hydrogen-bond donors (Lipinski definition) is 1. The first kappa shape index (κ1) is 15.6. The molecule has 0 atom stereocenters. The van der Waals surface area contributed by atoms with Gasteiger partial charge in [0.1, 0.15) is 6.33 Å². The van der Waals surface area contributed by atoms with Gasteiger partial charge in [-0.1, -0.05) is 6.92 Å². The summed E-state index contributed by atoms with van der Waals surface area (Å²) in [5, 5.41) is 2.93. The molecule has 0 aromatic carbocycles. The quantitative estimate of drug-likeness (QED) is 0.887. The summed E-state index contributed by atoms with van der Waals surface area (Å²) < 4.78 is 40.0. The van der Waals surface area contributed by atoms with Crippen LogP contribution in [-0.4, -0.2) is 47.1 Å². The summed E-state index contributed by atoms with van der Waals surface area (Å²) in [6.07, 6.45) is 4.77. The van der Waals surface area contributed by atoms with Gasteiger partial charge in [0, 0.05) is 19.1 Å². The van der Waals surface area contributed by atoms with Crippen molar-refractivity contribution >= 4 is 15.8 Å². The van der Waals surface area contributed by atoms with Crippen molar-refractivity contribution in [3.63, 3.8) is 0 Å². The van der Waals surface area contributed by atoms with E-state index in [2.05, 4.69) is 15.3 Å². The summed E-state index contributed by atoms with van der Waals surface area (Å²) in [5.41, 5.74) is 0.395. The van der Waals surface area contributed by atoms with Gasteiger partial charge in [0.15, 0.2) is 11.6 Å². The number of sulfonamides is 1. The van der Waals surface area contributed by atoms with Crippen LogP contribution in [0, 0.1) is 5.82 Å². The Kier molecular flexibility index (Phi) is 4.31. The van der Waals surface area contributed by atoms with E-state index in [0.717, 1.165) is 12.8 Å². The Balaban J connectivity index is 1.60. The molecule has 0 amide bonds. The minimum Gasteiger partial charge on any atom is -0.365 e. The molecule has 0 bridgehead atoms. The Labute approximate surface area is 130 Å². The van der Waals surface area contributed by atoms with Crippen LogP contribution in [0.5, 0.6) is 0 Å². The van der Waals surface area contributed by atoms with Crippen molar-refractivity contribution in [2.24, 2.45) is 0 Å². The number of halogens is 1. The summed E-state index contributed by atoms with van der Waals surface area (Å²) in [4.78, 5) is 7.87. The van der Waals surface area contributed by atoms with Crippen molar-refractivity contribution in [3.8, 4) is 0 Å². The first-order valence-electron chi connectivity index (χ1n) is 7.77. The number of aryl methyl sites for hydroxylation is 1. The molecule has 1 N–H and O–H groups in total. The van der Waals surface area contributed by atoms with Crippen LogP contribution in [0.25, 0.3) is 0 Å². The maximum atomic E-state index is 14.1. The Morgan fingerprint density at radius 2 is 1.95 bits per heavy atom. The van der Waals surface area contributed by atoms with E-state index in [9.17, 15) is 12.8 Å². The van der Waals surface area contributed by atoms with E-state index in [1.165, 1.54) is 6.33 Å². The largest absolute Gasteiger partial charge is 0.365 e. The fourth-order valence-corrected chi connectivity index (χ4v) is 4.65. The molecule has 3 rings (SSSR count). The monoisotopic (exact) mass is 328 g/mol. The zero-order valence-corrected chi connectivity index (χ0v) is 13.4. The molecule has 1 aliphatic heterocycles. The van der Waals surface area contributed by atoms with Gasteiger partial charge in [-0.2, -0.15) is 0 Å². The van der Waals surface area contributed by atoms with Crippen LogP contribution in [0.15, 0.2) is 6.33 Å². The lowest BCUT2D eigenvalue weighted by molar-refractivity contribution is 0.328. The van der Waals surface area contributed by atoms with Crippen LogP contribution in [0.1, 0.15) is 38.3 Å². The smallest absolute Gasteiger partial charge is 0.216 e. The number of anilines is 1. The van der Waals surface area contributed by atoms with Crippen molar-refractivity contribution in [1.82, 2.24) is 14.3 Å². The topological polar surface area (TPSA) is 75.2 Å². The van der Waals surface area contributed by atoms with Gasteiger partial charge in [-0.25, -0.2) is 27.1 Å². The summed E-state index contributed by atoms with van der Waals surface area (Å²) in [5.74, 6) is -0.187. The minimum atomic E-state index is -3.10. The molecule has 6 nitrogen and oxygen atoms in total. The molecule has 0 spiro atoms. The molecule has 2 heterocycles. The number of nitrogens with zero attached hydrogens (tertiary/aromatic N) is 3. The van der Waals surface area contributed by atoms with Crippen molar-refractivity contribution in [3.05, 3.63) is 17.8 Å². The highest BCUT2D eigenvalue weighted by Gasteiger charge is 2.41. The number of nitrogens with one attached hydrogen (secondary N) is 1. The average Bonchev–Trinajstić information content (AvgIpc) is 3.35. The number of aromatic nitrogens is 2. The highest BCUT2D eigenvalue weighted by Crippen LogP contribution is 2.32. The fraction of sp³-hybridized carbons (Fsp3) is 0.714. The molecule has 122 valence electrons. The second kappa shape index (κ2) is 6.08. The Morgan fingerprint density at radius 3 is 2.55 bits per heavy atom. The van der Waals surface area contributed by atoms with Crippen molar-refractivity contribution in [2.45, 2.75) is 50.3 Å².